The number of carbonyl (C=O) groups is 1. The average Bonchev–Trinajstić information content (AvgIpc) is 2.73. The Labute approximate surface area is 109 Å². The molecule has 17 heavy (non-hydrogen) atoms. The molecule has 0 radical (unpaired) electrons. The number of piperazine rings is 1. The Bertz CT molecular complexity index is 391. The van der Waals surface area contributed by atoms with E-state index < -0.39 is 11.9 Å². The average molecular weight is 275 g/mol. The van der Waals surface area contributed by atoms with E-state index in [-0.39, 0.29) is 0 Å². The van der Waals surface area contributed by atoms with E-state index in [1.807, 2.05) is 6.07 Å². The number of thiophene rings is 1. The van der Waals surface area contributed by atoms with E-state index in [4.69, 9.17) is 11.6 Å². The van der Waals surface area contributed by atoms with Crippen LogP contribution in [0.15, 0.2) is 12.1 Å². The Morgan fingerprint density at radius 3 is 2.76 bits per heavy atom. The van der Waals surface area contributed by atoms with Crippen LogP contribution in [0.3, 0.4) is 0 Å². The topological polar surface area (TPSA) is 52.6 Å². The lowest BCUT2D eigenvalue weighted by Crippen LogP contribution is -2.45. The SMILES string of the molecule is O=C(O)C(CN1CCNCC1)c1ccc(Cl)s1. The molecule has 1 saturated heterocycles. The molecule has 0 aromatic carbocycles. The smallest absolute Gasteiger partial charge is 0.313 e. The zero-order valence-corrected chi connectivity index (χ0v) is 10.9. The number of rotatable bonds is 4. The molecular weight excluding hydrogens is 260 g/mol. The van der Waals surface area contributed by atoms with Crippen LogP contribution in [0.2, 0.25) is 4.34 Å². The molecule has 1 aliphatic rings. The summed E-state index contributed by atoms with van der Waals surface area (Å²) in [6.07, 6.45) is 0. The van der Waals surface area contributed by atoms with Crippen molar-refractivity contribution in [1.82, 2.24) is 10.2 Å². The summed E-state index contributed by atoms with van der Waals surface area (Å²) < 4.78 is 0.645. The monoisotopic (exact) mass is 274 g/mol. The van der Waals surface area contributed by atoms with Gasteiger partial charge in [-0.25, -0.2) is 0 Å². The summed E-state index contributed by atoms with van der Waals surface area (Å²) in [7, 11) is 0. The van der Waals surface area contributed by atoms with Crippen LogP contribution in [0.25, 0.3) is 0 Å². The van der Waals surface area contributed by atoms with Gasteiger partial charge in [0.1, 0.15) is 5.92 Å². The second-order valence-corrected chi connectivity index (χ2v) is 5.83. The first-order valence-electron chi connectivity index (χ1n) is 5.58. The third kappa shape index (κ3) is 3.42. The van der Waals surface area contributed by atoms with E-state index in [2.05, 4.69) is 10.2 Å². The summed E-state index contributed by atoms with van der Waals surface area (Å²) in [5.74, 6) is -1.24. The minimum Gasteiger partial charge on any atom is -0.481 e. The number of hydrogen-bond donors (Lipinski definition) is 2. The fourth-order valence-electron chi connectivity index (χ4n) is 1.96. The van der Waals surface area contributed by atoms with Gasteiger partial charge >= 0.3 is 5.97 Å². The number of carboxylic acid groups (broad SMARTS) is 1. The lowest BCUT2D eigenvalue weighted by atomic mass is 10.1. The molecule has 6 heteroatoms. The van der Waals surface area contributed by atoms with Crippen molar-refractivity contribution in [1.29, 1.82) is 0 Å². The van der Waals surface area contributed by atoms with Gasteiger partial charge in [-0.05, 0) is 12.1 Å². The molecule has 0 amide bonds. The van der Waals surface area contributed by atoms with Crippen molar-refractivity contribution in [3.63, 3.8) is 0 Å². The highest BCUT2D eigenvalue weighted by molar-refractivity contribution is 7.16. The highest BCUT2D eigenvalue weighted by atomic mass is 35.5. The largest absolute Gasteiger partial charge is 0.481 e. The van der Waals surface area contributed by atoms with E-state index in [0.29, 0.717) is 10.9 Å². The Balaban J connectivity index is 2.04. The lowest BCUT2D eigenvalue weighted by molar-refractivity contribution is -0.139. The number of halogens is 1. The van der Waals surface area contributed by atoms with E-state index in [0.717, 1.165) is 31.1 Å². The Morgan fingerprint density at radius 2 is 2.24 bits per heavy atom. The van der Waals surface area contributed by atoms with Gasteiger partial charge in [0.2, 0.25) is 0 Å². The van der Waals surface area contributed by atoms with Gasteiger partial charge in [-0.3, -0.25) is 9.69 Å². The quantitative estimate of drug-likeness (QED) is 0.873. The molecule has 1 fully saturated rings. The minimum absolute atomic E-state index is 0.467. The van der Waals surface area contributed by atoms with Crippen molar-refractivity contribution in [2.75, 3.05) is 32.7 Å². The number of nitrogens with one attached hydrogen (secondary N) is 1. The van der Waals surface area contributed by atoms with E-state index in [1.54, 1.807) is 6.07 Å². The van der Waals surface area contributed by atoms with E-state index >= 15 is 0 Å². The van der Waals surface area contributed by atoms with Crippen LogP contribution < -0.4 is 5.32 Å². The molecule has 0 spiro atoms. The molecule has 0 aliphatic carbocycles. The fraction of sp³-hybridized carbons (Fsp3) is 0.545. The maximum Gasteiger partial charge on any atom is 0.313 e. The molecule has 2 rings (SSSR count). The van der Waals surface area contributed by atoms with Crippen LogP contribution >= 0.6 is 22.9 Å². The molecule has 1 aromatic rings. The van der Waals surface area contributed by atoms with Crippen LogP contribution in [0.1, 0.15) is 10.8 Å². The maximum atomic E-state index is 11.3. The molecular formula is C11H15ClN2O2S. The van der Waals surface area contributed by atoms with Crippen LogP contribution in [0.5, 0.6) is 0 Å². The molecule has 2 N–H and O–H groups in total. The second kappa shape index (κ2) is 5.82. The predicted octanol–water partition coefficient (Wildman–Crippen LogP) is 1.47. The molecule has 1 atom stereocenters. The molecule has 94 valence electrons. The molecule has 1 unspecified atom stereocenters. The summed E-state index contributed by atoms with van der Waals surface area (Å²) in [5, 5.41) is 12.5. The first-order valence-corrected chi connectivity index (χ1v) is 6.77. The standard InChI is InChI=1S/C11H15ClN2O2S/c12-10-2-1-9(17-10)8(11(15)16)7-14-5-3-13-4-6-14/h1-2,8,13H,3-7H2,(H,15,16). The summed E-state index contributed by atoms with van der Waals surface area (Å²) >= 11 is 7.21. The Kier molecular flexibility index (Phi) is 4.39. The Morgan fingerprint density at radius 1 is 1.53 bits per heavy atom. The predicted molar refractivity (Wildman–Crippen MR) is 69.0 cm³/mol. The van der Waals surface area contributed by atoms with Crippen LogP contribution in [0, 0.1) is 0 Å². The summed E-state index contributed by atoms with van der Waals surface area (Å²) in [6, 6.07) is 3.57. The third-order valence-electron chi connectivity index (χ3n) is 2.89. The molecule has 2 heterocycles. The van der Waals surface area contributed by atoms with E-state index in [1.165, 1.54) is 11.3 Å². The first kappa shape index (κ1) is 12.8. The van der Waals surface area contributed by atoms with Crippen LogP contribution in [-0.4, -0.2) is 48.7 Å². The van der Waals surface area contributed by atoms with Gasteiger partial charge in [-0.15, -0.1) is 11.3 Å². The third-order valence-corrected chi connectivity index (χ3v) is 4.23. The van der Waals surface area contributed by atoms with Crippen LogP contribution in [0.4, 0.5) is 0 Å². The number of carboxylic acids is 1. The van der Waals surface area contributed by atoms with Crippen molar-refractivity contribution >= 4 is 28.9 Å². The molecule has 1 aromatic heterocycles. The molecule has 0 saturated carbocycles. The van der Waals surface area contributed by atoms with Gasteiger partial charge in [0.25, 0.3) is 0 Å². The lowest BCUT2D eigenvalue weighted by Gasteiger charge is -2.29. The van der Waals surface area contributed by atoms with Crippen molar-refractivity contribution in [2.45, 2.75) is 5.92 Å². The van der Waals surface area contributed by atoms with Crippen molar-refractivity contribution in [2.24, 2.45) is 0 Å². The van der Waals surface area contributed by atoms with Gasteiger partial charge in [-0.1, -0.05) is 11.6 Å². The molecule has 1 aliphatic heterocycles. The maximum absolute atomic E-state index is 11.3. The summed E-state index contributed by atoms with van der Waals surface area (Å²) in [5.41, 5.74) is 0. The van der Waals surface area contributed by atoms with Gasteiger partial charge in [0.15, 0.2) is 0 Å². The van der Waals surface area contributed by atoms with Crippen molar-refractivity contribution < 1.29 is 9.90 Å². The number of hydrogen-bond acceptors (Lipinski definition) is 4. The zero-order valence-electron chi connectivity index (χ0n) is 9.36. The molecule has 4 nitrogen and oxygen atoms in total. The van der Waals surface area contributed by atoms with Gasteiger partial charge in [-0.2, -0.15) is 0 Å². The molecule has 0 bridgehead atoms. The van der Waals surface area contributed by atoms with Gasteiger partial charge in [0.05, 0.1) is 4.34 Å². The van der Waals surface area contributed by atoms with E-state index in [9.17, 15) is 9.90 Å². The van der Waals surface area contributed by atoms with Gasteiger partial charge < -0.3 is 10.4 Å². The first-order chi connectivity index (χ1) is 8.16. The summed E-state index contributed by atoms with van der Waals surface area (Å²) in [6.45, 7) is 4.23. The fourth-order valence-corrected chi connectivity index (χ4v) is 3.10. The Hall–Kier alpha value is -0.620. The van der Waals surface area contributed by atoms with Gasteiger partial charge in [0, 0.05) is 37.6 Å². The second-order valence-electron chi connectivity index (χ2n) is 4.08. The zero-order chi connectivity index (χ0) is 12.3. The van der Waals surface area contributed by atoms with Crippen molar-refractivity contribution in [3.8, 4) is 0 Å². The highest BCUT2D eigenvalue weighted by Gasteiger charge is 2.25. The van der Waals surface area contributed by atoms with Crippen LogP contribution in [-0.2, 0) is 4.79 Å². The normalized spacial score (nSPS) is 19.1. The number of nitrogens with zero attached hydrogens (tertiary/aromatic N) is 1. The highest BCUT2D eigenvalue weighted by Crippen LogP contribution is 2.29. The summed E-state index contributed by atoms with van der Waals surface area (Å²) in [4.78, 5) is 14.3. The number of aliphatic carboxylic acids is 1. The minimum atomic E-state index is -0.776. The van der Waals surface area contributed by atoms with Crippen molar-refractivity contribution in [3.05, 3.63) is 21.3 Å².